The molecule has 4 nitrogen and oxygen atoms in total. The number of para-hydroxylation sites is 2. The fraction of sp³-hybridized carbons (Fsp3) is 0.0714. The predicted molar refractivity (Wildman–Crippen MR) is 136 cm³/mol. The summed E-state index contributed by atoms with van der Waals surface area (Å²) in [6.45, 7) is 0. The van der Waals surface area contributed by atoms with Crippen molar-refractivity contribution in [2.45, 2.75) is 12.5 Å². The second kappa shape index (κ2) is 8.52. The first-order chi connectivity index (χ1) is 16.4. The molecule has 1 aliphatic rings. The Morgan fingerprint density at radius 2 is 1.39 bits per heavy atom. The molecule has 0 aliphatic carbocycles. The largest absolute Gasteiger partial charge is 0.257 e. The van der Waals surface area contributed by atoms with E-state index in [1.54, 1.807) is 11.3 Å². The van der Waals surface area contributed by atoms with Crippen molar-refractivity contribution in [3.8, 4) is 16.9 Å². The van der Waals surface area contributed by atoms with Gasteiger partial charge in [0.05, 0.1) is 33.7 Å². The summed E-state index contributed by atoms with van der Waals surface area (Å²) in [6, 6.07) is 35.4. The SMILES string of the molecule is c1ccc(-c2nn(-c3ccccc3)cc2[C@H]2CC(c3cccs3)=NN2c2ccccc2)cc1. The second-order valence-corrected chi connectivity index (χ2v) is 8.95. The summed E-state index contributed by atoms with van der Waals surface area (Å²) in [5.41, 5.74) is 6.52. The molecule has 1 aliphatic heterocycles. The molecule has 6 rings (SSSR count). The Labute approximate surface area is 197 Å². The molecule has 0 amide bonds. The molecule has 0 saturated carbocycles. The molecule has 0 N–H and O–H groups in total. The van der Waals surface area contributed by atoms with Crippen LogP contribution in [0.25, 0.3) is 16.9 Å². The minimum absolute atomic E-state index is 0.0529. The lowest BCUT2D eigenvalue weighted by Crippen LogP contribution is -2.18. The fourth-order valence-electron chi connectivity index (χ4n) is 4.33. The van der Waals surface area contributed by atoms with Crippen molar-refractivity contribution in [1.29, 1.82) is 0 Å². The summed E-state index contributed by atoms with van der Waals surface area (Å²) in [6.07, 6.45) is 3.00. The molecule has 0 radical (unpaired) electrons. The number of nitrogens with zero attached hydrogens (tertiary/aromatic N) is 4. The Kier molecular flexibility index (Phi) is 5.09. The van der Waals surface area contributed by atoms with Crippen LogP contribution < -0.4 is 5.01 Å². The Balaban J connectivity index is 1.50. The molecule has 0 saturated heterocycles. The number of thiophene rings is 1. The zero-order chi connectivity index (χ0) is 22.0. The van der Waals surface area contributed by atoms with Crippen LogP contribution in [-0.4, -0.2) is 15.5 Å². The normalized spacial score (nSPS) is 15.6. The van der Waals surface area contributed by atoms with Gasteiger partial charge in [0.2, 0.25) is 0 Å². The van der Waals surface area contributed by atoms with E-state index >= 15 is 0 Å². The molecule has 0 spiro atoms. The molecule has 5 heteroatoms. The topological polar surface area (TPSA) is 33.4 Å². The van der Waals surface area contributed by atoms with Crippen LogP contribution in [0.2, 0.25) is 0 Å². The van der Waals surface area contributed by atoms with E-state index in [0.717, 1.165) is 34.8 Å². The maximum Gasteiger partial charge on any atom is 0.0981 e. The molecule has 2 aromatic heterocycles. The molecule has 0 bridgehead atoms. The van der Waals surface area contributed by atoms with Gasteiger partial charge in [-0.3, -0.25) is 5.01 Å². The molecule has 5 aromatic rings. The molecule has 1 atom stereocenters. The number of anilines is 1. The number of hydrazone groups is 1. The van der Waals surface area contributed by atoms with E-state index in [1.165, 1.54) is 10.4 Å². The highest BCUT2D eigenvalue weighted by molar-refractivity contribution is 7.12. The van der Waals surface area contributed by atoms with Gasteiger partial charge in [0.25, 0.3) is 0 Å². The van der Waals surface area contributed by atoms with Crippen LogP contribution in [0.1, 0.15) is 22.9 Å². The number of benzene rings is 3. The average Bonchev–Trinajstić information content (AvgIpc) is 3.65. The zero-order valence-corrected chi connectivity index (χ0v) is 18.8. The van der Waals surface area contributed by atoms with Crippen molar-refractivity contribution in [3.05, 3.63) is 125 Å². The minimum atomic E-state index is 0.0529. The van der Waals surface area contributed by atoms with Crippen LogP contribution in [0.15, 0.2) is 120 Å². The number of aromatic nitrogens is 2. The van der Waals surface area contributed by atoms with Crippen molar-refractivity contribution in [2.75, 3.05) is 5.01 Å². The first-order valence-corrected chi connectivity index (χ1v) is 11.9. The molecule has 33 heavy (non-hydrogen) atoms. The third-order valence-corrected chi connectivity index (χ3v) is 6.83. The van der Waals surface area contributed by atoms with Crippen molar-refractivity contribution in [2.24, 2.45) is 5.10 Å². The van der Waals surface area contributed by atoms with Gasteiger partial charge in [-0.25, -0.2) is 4.68 Å². The fourth-order valence-corrected chi connectivity index (χ4v) is 5.05. The molecular weight excluding hydrogens is 424 g/mol. The van der Waals surface area contributed by atoms with Gasteiger partial charge >= 0.3 is 0 Å². The summed E-state index contributed by atoms with van der Waals surface area (Å²) in [7, 11) is 0. The van der Waals surface area contributed by atoms with Crippen molar-refractivity contribution < 1.29 is 0 Å². The van der Waals surface area contributed by atoms with Crippen LogP contribution in [0.4, 0.5) is 5.69 Å². The molecule has 3 aromatic carbocycles. The maximum absolute atomic E-state index is 5.10. The van der Waals surface area contributed by atoms with E-state index in [0.29, 0.717) is 0 Å². The predicted octanol–water partition coefficient (Wildman–Crippen LogP) is 6.96. The summed E-state index contributed by atoms with van der Waals surface area (Å²) in [5.74, 6) is 0. The lowest BCUT2D eigenvalue weighted by Gasteiger charge is -2.23. The number of hydrogen-bond donors (Lipinski definition) is 0. The number of hydrogen-bond acceptors (Lipinski definition) is 4. The first-order valence-electron chi connectivity index (χ1n) is 11.0. The number of rotatable bonds is 5. The Bertz CT molecular complexity index is 1370. The summed E-state index contributed by atoms with van der Waals surface area (Å²) in [4.78, 5) is 1.22. The van der Waals surface area contributed by atoms with Gasteiger partial charge in [-0.1, -0.05) is 72.8 Å². The van der Waals surface area contributed by atoms with Crippen molar-refractivity contribution in [1.82, 2.24) is 9.78 Å². The van der Waals surface area contributed by atoms with Gasteiger partial charge in [0.1, 0.15) is 0 Å². The standard InChI is InChI=1S/C28H22N4S/c1-4-11-21(12-5-1)28-24(20-31(30-28)22-13-6-2-7-14-22)26-19-25(27-17-10-18-33-27)29-32(26)23-15-8-3-9-16-23/h1-18,20,26H,19H2/t26-/m1/s1. The minimum Gasteiger partial charge on any atom is -0.257 e. The average molecular weight is 447 g/mol. The van der Waals surface area contributed by atoms with Crippen LogP contribution in [0.3, 0.4) is 0 Å². The highest BCUT2D eigenvalue weighted by Crippen LogP contribution is 2.41. The lowest BCUT2D eigenvalue weighted by molar-refractivity contribution is 0.710. The Hall–Kier alpha value is -3.96. The summed E-state index contributed by atoms with van der Waals surface area (Å²) in [5, 5.41) is 14.4. The van der Waals surface area contributed by atoms with Crippen molar-refractivity contribution in [3.63, 3.8) is 0 Å². The van der Waals surface area contributed by atoms with Crippen molar-refractivity contribution >= 4 is 22.7 Å². The smallest absolute Gasteiger partial charge is 0.0981 e. The van der Waals surface area contributed by atoms with E-state index in [4.69, 9.17) is 10.2 Å². The van der Waals surface area contributed by atoms with Gasteiger partial charge in [-0.15, -0.1) is 11.3 Å². The van der Waals surface area contributed by atoms with Crippen LogP contribution in [-0.2, 0) is 0 Å². The van der Waals surface area contributed by atoms with E-state index < -0.39 is 0 Å². The van der Waals surface area contributed by atoms with E-state index in [1.807, 2.05) is 35.0 Å². The highest BCUT2D eigenvalue weighted by atomic mass is 32.1. The summed E-state index contributed by atoms with van der Waals surface area (Å²) >= 11 is 1.74. The molecule has 0 fully saturated rings. The quantitative estimate of drug-likeness (QED) is 0.292. The molecular formula is C28H22N4S. The van der Waals surface area contributed by atoms with Crippen LogP contribution >= 0.6 is 11.3 Å². The van der Waals surface area contributed by atoms with Gasteiger partial charge in [0, 0.05) is 23.7 Å². The lowest BCUT2D eigenvalue weighted by atomic mass is 9.98. The monoisotopic (exact) mass is 446 g/mol. The van der Waals surface area contributed by atoms with Crippen LogP contribution in [0, 0.1) is 0 Å². The van der Waals surface area contributed by atoms with E-state index in [9.17, 15) is 0 Å². The van der Waals surface area contributed by atoms with Crippen LogP contribution in [0.5, 0.6) is 0 Å². The molecule has 160 valence electrons. The summed E-state index contributed by atoms with van der Waals surface area (Å²) < 4.78 is 1.99. The third kappa shape index (κ3) is 3.77. The van der Waals surface area contributed by atoms with Gasteiger partial charge in [-0.05, 0) is 35.7 Å². The van der Waals surface area contributed by atoms with Gasteiger partial charge in [0.15, 0.2) is 0 Å². The van der Waals surface area contributed by atoms with Gasteiger partial charge < -0.3 is 0 Å². The van der Waals surface area contributed by atoms with Gasteiger partial charge in [-0.2, -0.15) is 10.2 Å². The third-order valence-electron chi connectivity index (χ3n) is 5.91. The highest BCUT2D eigenvalue weighted by Gasteiger charge is 2.33. The van der Waals surface area contributed by atoms with E-state index in [2.05, 4.69) is 89.4 Å². The Morgan fingerprint density at radius 1 is 0.727 bits per heavy atom. The zero-order valence-electron chi connectivity index (χ0n) is 18.0. The first kappa shape index (κ1) is 19.7. The molecule has 0 unspecified atom stereocenters. The second-order valence-electron chi connectivity index (χ2n) is 8.00. The van der Waals surface area contributed by atoms with E-state index in [-0.39, 0.29) is 6.04 Å². The Morgan fingerprint density at radius 3 is 2.06 bits per heavy atom. The maximum atomic E-state index is 5.10. The molecule has 3 heterocycles.